The number of hydrogen-bond donors (Lipinski definition) is 2. The van der Waals surface area contributed by atoms with Gasteiger partial charge in [-0.25, -0.2) is 14.4 Å². The Labute approximate surface area is 165 Å². The van der Waals surface area contributed by atoms with Gasteiger partial charge in [-0.1, -0.05) is 31.2 Å². The molecule has 0 bridgehead atoms. The minimum Gasteiger partial charge on any atom is -0.378 e. The average Bonchev–Trinajstić information content (AvgIpc) is 3.33. The highest BCUT2D eigenvalue weighted by Gasteiger charge is 2.25. The Hall–Kier alpha value is -3.67. The lowest BCUT2D eigenvalue weighted by Gasteiger charge is -2.16. The van der Waals surface area contributed by atoms with Crippen LogP contribution in [0.15, 0.2) is 34.0 Å². The van der Waals surface area contributed by atoms with Crippen LogP contribution in [-0.2, 0) is 6.54 Å². The van der Waals surface area contributed by atoms with Crippen molar-refractivity contribution in [3.8, 4) is 5.82 Å². The van der Waals surface area contributed by atoms with E-state index in [2.05, 4.69) is 40.7 Å². The van der Waals surface area contributed by atoms with Gasteiger partial charge in [-0.3, -0.25) is 9.69 Å². The van der Waals surface area contributed by atoms with Crippen molar-refractivity contribution in [2.75, 3.05) is 18.8 Å². The second-order valence-electron chi connectivity index (χ2n) is 5.98. The number of hydrogen-bond acceptors (Lipinski definition) is 9. The van der Waals surface area contributed by atoms with E-state index in [4.69, 9.17) is 5.73 Å². The lowest BCUT2D eigenvalue weighted by Crippen LogP contribution is -2.27. The van der Waals surface area contributed by atoms with Crippen LogP contribution in [0.3, 0.4) is 0 Å². The molecule has 0 spiro atoms. The van der Waals surface area contributed by atoms with Crippen molar-refractivity contribution < 1.29 is 13.8 Å². The van der Waals surface area contributed by atoms with Gasteiger partial charge < -0.3 is 5.73 Å². The van der Waals surface area contributed by atoms with E-state index in [1.807, 2.05) is 13.8 Å². The molecule has 0 aliphatic heterocycles. The fourth-order valence-electron chi connectivity index (χ4n) is 2.56. The first-order valence-electron chi connectivity index (χ1n) is 8.87. The van der Waals surface area contributed by atoms with Crippen molar-refractivity contribution in [2.45, 2.75) is 20.4 Å². The van der Waals surface area contributed by atoms with E-state index in [0.717, 1.165) is 17.8 Å². The standard InChI is InChI=1S/C17H20FN9O2/c1-3-26(4-2)10-13-14(27(25-21-13)16-15(19)23-29-24-16)17(28)22-20-9-11-5-7-12(18)8-6-11/h5-9H,3-4,10H2,1-2H3,(H2,19,23)(H,22,28). The van der Waals surface area contributed by atoms with E-state index >= 15 is 0 Å². The fourth-order valence-corrected chi connectivity index (χ4v) is 2.56. The molecular formula is C17H20FN9O2. The molecule has 2 aromatic heterocycles. The minimum absolute atomic E-state index is 0.0341. The number of aromatic nitrogens is 5. The van der Waals surface area contributed by atoms with Crippen LogP contribution in [0, 0.1) is 5.82 Å². The second kappa shape index (κ2) is 9.01. The van der Waals surface area contributed by atoms with Crippen LogP contribution in [0.1, 0.15) is 35.6 Å². The number of amides is 1. The number of halogens is 1. The van der Waals surface area contributed by atoms with Crippen LogP contribution in [0.25, 0.3) is 5.82 Å². The van der Waals surface area contributed by atoms with Gasteiger partial charge in [0.15, 0.2) is 5.69 Å². The van der Waals surface area contributed by atoms with Crippen LogP contribution in [0.4, 0.5) is 10.2 Å². The Morgan fingerprint density at radius 1 is 1.31 bits per heavy atom. The zero-order valence-electron chi connectivity index (χ0n) is 15.9. The summed E-state index contributed by atoms with van der Waals surface area (Å²) in [4.78, 5) is 14.9. The smallest absolute Gasteiger partial charge is 0.292 e. The first kappa shape index (κ1) is 20.1. The summed E-state index contributed by atoms with van der Waals surface area (Å²) in [7, 11) is 0. The quantitative estimate of drug-likeness (QED) is 0.420. The maximum atomic E-state index is 13.0. The lowest BCUT2D eigenvalue weighted by atomic mass is 10.2. The highest BCUT2D eigenvalue weighted by molar-refractivity contribution is 5.95. The van der Waals surface area contributed by atoms with Gasteiger partial charge in [-0.05, 0) is 41.1 Å². The molecule has 0 aliphatic rings. The van der Waals surface area contributed by atoms with E-state index in [9.17, 15) is 9.18 Å². The summed E-state index contributed by atoms with van der Waals surface area (Å²) < 4.78 is 18.7. The molecule has 1 amide bonds. The molecule has 11 nitrogen and oxygen atoms in total. The molecule has 0 saturated heterocycles. The normalized spacial score (nSPS) is 11.4. The molecule has 29 heavy (non-hydrogen) atoms. The minimum atomic E-state index is -0.571. The van der Waals surface area contributed by atoms with Gasteiger partial charge in [-0.15, -0.1) is 5.10 Å². The van der Waals surface area contributed by atoms with Crippen molar-refractivity contribution in [3.63, 3.8) is 0 Å². The van der Waals surface area contributed by atoms with Crippen molar-refractivity contribution in [1.82, 2.24) is 35.6 Å². The summed E-state index contributed by atoms with van der Waals surface area (Å²) >= 11 is 0. The summed E-state index contributed by atoms with van der Waals surface area (Å²) in [6, 6.07) is 5.66. The molecule has 0 atom stereocenters. The molecule has 0 aliphatic carbocycles. The number of carbonyl (C=O) groups excluding carboxylic acids is 1. The molecule has 12 heteroatoms. The summed E-state index contributed by atoms with van der Waals surface area (Å²) in [5.41, 5.74) is 9.30. The molecule has 3 N–H and O–H groups in total. The van der Waals surface area contributed by atoms with Crippen LogP contribution in [0.5, 0.6) is 0 Å². The van der Waals surface area contributed by atoms with Gasteiger partial charge in [0.25, 0.3) is 5.91 Å². The first-order chi connectivity index (χ1) is 14.0. The number of benzene rings is 1. The Balaban J connectivity index is 1.87. The van der Waals surface area contributed by atoms with E-state index in [-0.39, 0.29) is 23.1 Å². The third-order valence-electron chi connectivity index (χ3n) is 4.17. The van der Waals surface area contributed by atoms with Crippen LogP contribution >= 0.6 is 0 Å². The maximum Gasteiger partial charge on any atom is 0.292 e. The number of anilines is 1. The third-order valence-corrected chi connectivity index (χ3v) is 4.17. The number of nitrogens with two attached hydrogens (primary N) is 1. The van der Waals surface area contributed by atoms with E-state index in [1.54, 1.807) is 0 Å². The van der Waals surface area contributed by atoms with Gasteiger partial charge >= 0.3 is 0 Å². The monoisotopic (exact) mass is 401 g/mol. The van der Waals surface area contributed by atoms with Crippen LogP contribution in [-0.4, -0.2) is 55.4 Å². The highest BCUT2D eigenvalue weighted by atomic mass is 19.1. The fraction of sp³-hybridized carbons (Fsp3) is 0.294. The van der Waals surface area contributed by atoms with Gasteiger partial charge in [0, 0.05) is 6.54 Å². The zero-order valence-corrected chi connectivity index (χ0v) is 15.9. The van der Waals surface area contributed by atoms with E-state index < -0.39 is 5.91 Å². The Kier molecular flexibility index (Phi) is 6.24. The molecular weight excluding hydrogens is 381 g/mol. The zero-order chi connectivity index (χ0) is 20.8. The maximum absolute atomic E-state index is 13.0. The SMILES string of the molecule is CCN(CC)Cc1nnn(-c2nonc2N)c1C(=O)NN=Cc1ccc(F)cc1. The molecule has 0 fully saturated rings. The van der Waals surface area contributed by atoms with Crippen LogP contribution in [0.2, 0.25) is 0 Å². The summed E-state index contributed by atoms with van der Waals surface area (Å²) in [5.74, 6) is -0.914. The van der Waals surface area contributed by atoms with Crippen molar-refractivity contribution in [3.05, 3.63) is 47.0 Å². The number of nitrogens with one attached hydrogen (secondary N) is 1. The van der Waals surface area contributed by atoms with Gasteiger partial charge in [0.05, 0.1) is 6.21 Å². The average molecular weight is 401 g/mol. The predicted molar refractivity (Wildman–Crippen MR) is 102 cm³/mol. The highest BCUT2D eigenvalue weighted by Crippen LogP contribution is 2.17. The number of nitrogens with zero attached hydrogens (tertiary/aromatic N) is 7. The Morgan fingerprint density at radius 2 is 2.03 bits per heavy atom. The number of hydrazone groups is 1. The van der Waals surface area contributed by atoms with E-state index in [1.165, 1.54) is 30.5 Å². The molecule has 3 aromatic rings. The van der Waals surface area contributed by atoms with Crippen LogP contribution < -0.4 is 11.2 Å². The first-order valence-corrected chi connectivity index (χ1v) is 8.87. The molecule has 2 heterocycles. The Bertz CT molecular complexity index is 993. The number of nitrogen functional groups attached to an aromatic ring is 1. The molecule has 3 rings (SSSR count). The lowest BCUT2D eigenvalue weighted by molar-refractivity contribution is 0.0945. The van der Waals surface area contributed by atoms with E-state index in [0.29, 0.717) is 17.8 Å². The number of carbonyl (C=O) groups is 1. The van der Waals surface area contributed by atoms with Crippen molar-refractivity contribution >= 4 is 17.9 Å². The predicted octanol–water partition coefficient (Wildman–Crippen LogP) is 0.977. The second-order valence-corrected chi connectivity index (χ2v) is 5.98. The van der Waals surface area contributed by atoms with Gasteiger partial charge in [-0.2, -0.15) is 9.78 Å². The topological polar surface area (TPSA) is 140 Å². The largest absolute Gasteiger partial charge is 0.378 e. The third kappa shape index (κ3) is 4.60. The van der Waals surface area contributed by atoms with Crippen molar-refractivity contribution in [2.24, 2.45) is 5.10 Å². The van der Waals surface area contributed by atoms with Gasteiger partial charge in [0.2, 0.25) is 11.6 Å². The summed E-state index contributed by atoms with van der Waals surface area (Å²) in [5, 5.41) is 19.2. The van der Waals surface area contributed by atoms with Gasteiger partial charge in [0.1, 0.15) is 11.5 Å². The molecule has 1 aromatic carbocycles. The molecule has 0 unspecified atom stereocenters. The summed E-state index contributed by atoms with van der Waals surface area (Å²) in [6.07, 6.45) is 1.39. The molecule has 0 radical (unpaired) electrons. The molecule has 0 saturated carbocycles. The number of rotatable bonds is 8. The Morgan fingerprint density at radius 3 is 2.66 bits per heavy atom. The molecule has 152 valence electrons. The summed E-state index contributed by atoms with van der Waals surface area (Å²) in [6.45, 7) is 5.92. The van der Waals surface area contributed by atoms with Crippen molar-refractivity contribution in [1.29, 1.82) is 0 Å².